The van der Waals surface area contributed by atoms with E-state index < -0.39 is 0 Å². The number of fused-ring (bicyclic) bond motifs is 1. The van der Waals surface area contributed by atoms with Gasteiger partial charge in [0.1, 0.15) is 17.8 Å². The molecule has 2 aromatic heterocycles. The number of nitrogens with one attached hydrogen (secondary N) is 1. The van der Waals surface area contributed by atoms with Crippen LogP contribution in [0.5, 0.6) is 0 Å². The van der Waals surface area contributed by atoms with Crippen molar-refractivity contribution in [1.82, 2.24) is 20.0 Å². The van der Waals surface area contributed by atoms with Gasteiger partial charge in [-0.15, -0.1) is 0 Å². The largest absolute Gasteiger partial charge is 0.354 e. The fourth-order valence-electron chi connectivity index (χ4n) is 2.89. The van der Waals surface area contributed by atoms with Gasteiger partial charge in [0, 0.05) is 6.54 Å². The lowest BCUT2D eigenvalue weighted by Crippen LogP contribution is -2.35. The van der Waals surface area contributed by atoms with Crippen LogP contribution in [0.15, 0.2) is 39.6 Å². The molecule has 7 heteroatoms. The molecule has 0 radical (unpaired) electrons. The summed E-state index contributed by atoms with van der Waals surface area (Å²) in [5.41, 5.74) is 1.64. The topological polar surface area (TPSA) is 90.0 Å². The van der Waals surface area contributed by atoms with Gasteiger partial charge < -0.3 is 9.84 Å². The maximum atomic E-state index is 12.7. The second-order valence-electron chi connectivity index (χ2n) is 6.33. The molecule has 7 nitrogen and oxygen atoms in total. The smallest absolute Gasteiger partial charge is 0.267 e. The third-order valence-corrected chi connectivity index (χ3v) is 4.47. The molecule has 0 bridgehead atoms. The standard InChI is InChI=1S/C19H22N4O3/c1-4-15-17-18(26-22-15)21-13(3)23(19(17)25)11-16(24)20-10-12(2)14-8-6-5-7-9-14/h5-9,12H,4,10-11H2,1-3H3,(H,20,24)/t12-/m0/s1. The molecule has 0 saturated carbocycles. The van der Waals surface area contributed by atoms with E-state index in [1.54, 1.807) is 6.92 Å². The molecule has 1 N–H and O–H groups in total. The summed E-state index contributed by atoms with van der Waals surface area (Å²) in [4.78, 5) is 29.3. The van der Waals surface area contributed by atoms with Crippen molar-refractivity contribution >= 4 is 17.0 Å². The van der Waals surface area contributed by atoms with Crippen molar-refractivity contribution in [1.29, 1.82) is 0 Å². The number of carbonyl (C=O) groups is 1. The number of hydrogen-bond acceptors (Lipinski definition) is 5. The number of rotatable bonds is 6. The van der Waals surface area contributed by atoms with Crippen molar-refractivity contribution < 1.29 is 9.32 Å². The van der Waals surface area contributed by atoms with E-state index >= 15 is 0 Å². The average molecular weight is 354 g/mol. The van der Waals surface area contributed by atoms with Crippen molar-refractivity contribution in [3.05, 3.63) is 57.8 Å². The van der Waals surface area contributed by atoms with Crippen molar-refractivity contribution in [2.45, 2.75) is 39.7 Å². The van der Waals surface area contributed by atoms with Gasteiger partial charge in [0.2, 0.25) is 5.91 Å². The maximum Gasteiger partial charge on any atom is 0.267 e. The fraction of sp³-hybridized carbons (Fsp3) is 0.368. The van der Waals surface area contributed by atoms with Crippen LogP contribution >= 0.6 is 0 Å². The zero-order valence-corrected chi connectivity index (χ0v) is 15.2. The number of amides is 1. The Morgan fingerprint density at radius 3 is 2.73 bits per heavy atom. The van der Waals surface area contributed by atoms with Crippen LogP contribution in [0, 0.1) is 6.92 Å². The fourth-order valence-corrected chi connectivity index (χ4v) is 2.89. The Morgan fingerprint density at radius 2 is 2.04 bits per heavy atom. The van der Waals surface area contributed by atoms with Gasteiger partial charge in [0.25, 0.3) is 11.3 Å². The molecule has 1 amide bonds. The highest BCUT2D eigenvalue weighted by molar-refractivity contribution is 5.78. The Balaban J connectivity index is 1.74. The zero-order valence-electron chi connectivity index (χ0n) is 15.2. The summed E-state index contributed by atoms with van der Waals surface area (Å²) in [6.07, 6.45) is 0.563. The Labute approximate surface area is 151 Å². The minimum atomic E-state index is -0.295. The van der Waals surface area contributed by atoms with E-state index in [1.165, 1.54) is 4.57 Å². The molecule has 2 heterocycles. The molecule has 1 atom stereocenters. The second kappa shape index (κ2) is 7.51. The van der Waals surface area contributed by atoms with Gasteiger partial charge in [-0.1, -0.05) is 49.3 Å². The van der Waals surface area contributed by atoms with Gasteiger partial charge in [0.15, 0.2) is 0 Å². The van der Waals surface area contributed by atoms with Crippen LogP contribution < -0.4 is 10.9 Å². The number of aromatic nitrogens is 3. The van der Waals surface area contributed by atoms with Crippen molar-refractivity contribution in [3.8, 4) is 0 Å². The van der Waals surface area contributed by atoms with Crippen LogP contribution in [-0.2, 0) is 17.8 Å². The summed E-state index contributed by atoms with van der Waals surface area (Å²) in [7, 11) is 0. The van der Waals surface area contributed by atoms with Crippen LogP contribution in [0.4, 0.5) is 0 Å². The third kappa shape index (κ3) is 3.51. The SMILES string of the molecule is CCc1noc2nc(C)n(CC(=O)NC[C@H](C)c3ccccc3)c(=O)c12. The molecule has 0 saturated heterocycles. The first-order valence-electron chi connectivity index (χ1n) is 8.68. The lowest BCUT2D eigenvalue weighted by Gasteiger charge is -2.14. The van der Waals surface area contributed by atoms with Crippen molar-refractivity contribution in [2.75, 3.05) is 6.54 Å². The quantitative estimate of drug-likeness (QED) is 0.733. The lowest BCUT2D eigenvalue weighted by molar-refractivity contribution is -0.121. The van der Waals surface area contributed by atoms with E-state index in [2.05, 4.69) is 15.5 Å². The Hall–Kier alpha value is -2.96. The Bertz CT molecular complexity index is 976. The van der Waals surface area contributed by atoms with Crippen molar-refractivity contribution in [3.63, 3.8) is 0 Å². The molecule has 0 fully saturated rings. The maximum absolute atomic E-state index is 12.7. The van der Waals surface area contributed by atoms with E-state index in [0.717, 1.165) is 5.56 Å². The molecule has 0 spiro atoms. The first-order valence-corrected chi connectivity index (χ1v) is 8.68. The molecular formula is C19H22N4O3. The van der Waals surface area contributed by atoms with Crippen LogP contribution in [-0.4, -0.2) is 27.2 Å². The average Bonchev–Trinajstić information content (AvgIpc) is 3.06. The normalized spacial score (nSPS) is 12.3. The van der Waals surface area contributed by atoms with E-state index in [1.807, 2.05) is 44.2 Å². The van der Waals surface area contributed by atoms with Gasteiger partial charge in [0.05, 0.1) is 5.69 Å². The summed E-state index contributed by atoms with van der Waals surface area (Å²) in [5.74, 6) is 0.379. The number of carbonyl (C=O) groups excluding carboxylic acids is 1. The zero-order chi connectivity index (χ0) is 18.7. The summed E-state index contributed by atoms with van der Waals surface area (Å²) < 4.78 is 6.48. The summed E-state index contributed by atoms with van der Waals surface area (Å²) >= 11 is 0. The Kier molecular flexibility index (Phi) is 5.16. The van der Waals surface area contributed by atoms with E-state index in [4.69, 9.17) is 4.52 Å². The minimum Gasteiger partial charge on any atom is -0.354 e. The first-order chi connectivity index (χ1) is 12.5. The van der Waals surface area contributed by atoms with Gasteiger partial charge in [-0.25, -0.2) is 0 Å². The number of aryl methyl sites for hydroxylation is 2. The van der Waals surface area contributed by atoms with Crippen LogP contribution in [0.25, 0.3) is 11.1 Å². The van der Waals surface area contributed by atoms with E-state index in [9.17, 15) is 9.59 Å². The van der Waals surface area contributed by atoms with Crippen LogP contribution in [0.1, 0.15) is 36.8 Å². The highest BCUT2D eigenvalue weighted by Gasteiger charge is 2.18. The highest BCUT2D eigenvalue weighted by Crippen LogP contribution is 2.14. The van der Waals surface area contributed by atoms with Crippen molar-refractivity contribution in [2.24, 2.45) is 0 Å². The van der Waals surface area contributed by atoms with Gasteiger partial charge >= 0.3 is 0 Å². The second-order valence-corrected chi connectivity index (χ2v) is 6.33. The number of benzene rings is 1. The number of nitrogens with zero attached hydrogens (tertiary/aromatic N) is 3. The minimum absolute atomic E-state index is 0.0799. The molecule has 0 aliphatic rings. The highest BCUT2D eigenvalue weighted by atomic mass is 16.5. The number of hydrogen-bond donors (Lipinski definition) is 1. The molecule has 3 rings (SSSR count). The predicted molar refractivity (Wildman–Crippen MR) is 98.0 cm³/mol. The third-order valence-electron chi connectivity index (χ3n) is 4.47. The van der Waals surface area contributed by atoms with Gasteiger partial charge in [-0.05, 0) is 24.8 Å². The molecule has 0 aliphatic heterocycles. The molecule has 3 aromatic rings. The van der Waals surface area contributed by atoms with Gasteiger partial charge in [-0.2, -0.15) is 4.98 Å². The molecular weight excluding hydrogens is 332 g/mol. The van der Waals surface area contributed by atoms with Crippen LogP contribution in [0.2, 0.25) is 0 Å². The molecule has 0 aliphatic carbocycles. The summed E-state index contributed by atoms with van der Waals surface area (Å²) in [6, 6.07) is 9.97. The van der Waals surface area contributed by atoms with Gasteiger partial charge in [-0.3, -0.25) is 14.2 Å². The molecule has 136 valence electrons. The summed E-state index contributed by atoms with van der Waals surface area (Å²) in [5, 5.41) is 7.12. The van der Waals surface area contributed by atoms with E-state index in [0.29, 0.717) is 29.9 Å². The Morgan fingerprint density at radius 1 is 1.31 bits per heavy atom. The monoisotopic (exact) mass is 354 g/mol. The first kappa shape index (κ1) is 17.8. The lowest BCUT2D eigenvalue weighted by atomic mass is 10.0. The molecule has 0 unspecified atom stereocenters. The van der Waals surface area contributed by atoms with E-state index in [-0.39, 0.29) is 29.6 Å². The van der Waals surface area contributed by atoms with Crippen LogP contribution in [0.3, 0.4) is 0 Å². The summed E-state index contributed by atoms with van der Waals surface area (Å²) in [6.45, 7) is 6.03. The molecule has 1 aromatic carbocycles. The molecule has 26 heavy (non-hydrogen) atoms. The predicted octanol–water partition coefficient (Wildman–Crippen LogP) is 2.18.